The van der Waals surface area contributed by atoms with Crippen molar-refractivity contribution in [3.63, 3.8) is 0 Å². The number of fused-ring (bicyclic) bond motifs is 5. The lowest BCUT2D eigenvalue weighted by Crippen LogP contribution is -2.45. The molecular formula is C38H58O11. The van der Waals surface area contributed by atoms with Crippen LogP contribution in [0.2, 0.25) is 0 Å². The summed E-state index contributed by atoms with van der Waals surface area (Å²) in [7, 11) is 0. The zero-order valence-corrected chi connectivity index (χ0v) is 25.6. The second-order valence-corrected chi connectivity index (χ2v) is 12.9. The van der Waals surface area contributed by atoms with Gasteiger partial charge in [-0.2, -0.15) is 0 Å². The number of carbonyl (C=O) groups is 6. The first-order chi connectivity index (χ1) is 21.6. The summed E-state index contributed by atoms with van der Waals surface area (Å²) in [4.78, 5) is 68.7. The Morgan fingerprint density at radius 3 is 1.06 bits per heavy atom. The van der Waals surface area contributed by atoms with Gasteiger partial charge in [0.05, 0.1) is 48.7 Å². The molecule has 4 fully saturated rings. The highest BCUT2D eigenvalue weighted by Crippen LogP contribution is 2.49. The molecule has 49 heavy (non-hydrogen) atoms. The maximum absolute atomic E-state index is 11.8. The van der Waals surface area contributed by atoms with Crippen molar-refractivity contribution >= 4 is 35.8 Å². The number of hydrogen-bond acceptors (Lipinski definition) is 9. The molecule has 0 amide bonds. The van der Waals surface area contributed by atoms with E-state index >= 15 is 0 Å². The highest BCUT2D eigenvalue weighted by Gasteiger charge is 2.55. The third-order valence-electron chi connectivity index (χ3n) is 10.7. The van der Waals surface area contributed by atoms with Gasteiger partial charge in [-0.15, -0.1) is 0 Å². The van der Waals surface area contributed by atoms with Crippen molar-refractivity contribution in [2.24, 2.45) is 71.0 Å². The molecule has 1 saturated heterocycles. The number of ether oxygens (including phenoxy) is 3. The number of esters is 4. The molecule has 1 aliphatic heterocycles. The molecule has 6 bridgehead atoms. The fraction of sp³-hybridized carbons (Fsp3) is 0.684. The van der Waals surface area contributed by atoms with Crippen LogP contribution in [0.3, 0.4) is 0 Å². The lowest BCUT2D eigenvalue weighted by atomic mass is 9.62. The normalized spacial score (nSPS) is 35.9. The maximum atomic E-state index is 11.8. The van der Waals surface area contributed by atoms with Crippen LogP contribution in [0.15, 0.2) is 36.5 Å². The fourth-order valence-corrected chi connectivity index (χ4v) is 8.65. The van der Waals surface area contributed by atoms with Gasteiger partial charge in [0.15, 0.2) is 0 Å². The Balaban J connectivity index is 0.000000355. The van der Waals surface area contributed by atoms with Gasteiger partial charge in [0.2, 0.25) is 0 Å². The fourth-order valence-electron chi connectivity index (χ4n) is 8.65. The predicted octanol–water partition coefficient (Wildman–Crippen LogP) is 6.37. The number of carboxylic acid groups (broad SMARTS) is 2. The molecule has 0 aromatic rings. The van der Waals surface area contributed by atoms with Gasteiger partial charge in [-0.25, -0.2) is 0 Å². The molecule has 0 spiro atoms. The quantitative estimate of drug-likeness (QED) is 0.137. The number of aliphatic carboxylic acids is 2. The second kappa shape index (κ2) is 18.3. The summed E-state index contributed by atoms with van der Waals surface area (Å²) < 4.78 is 14.6. The third kappa shape index (κ3) is 8.52. The Morgan fingerprint density at radius 1 is 0.551 bits per heavy atom. The molecule has 276 valence electrons. The maximum Gasteiger partial charge on any atom is 0.318 e. The molecule has 0 radical (unpaired) electrons. The molecule has 10 aliphatic rings. The van der Waals surface area contributed by atoms with Crippen LogP contribution < -0.4 is 0 Å². The van der Waals surface area contributed by atoms with Crippen molar-refractivity contribution in [1.82, 2.24) is 0 Å². The minimum atomic E-state index is -0.878. The minimum Gasteiger partial charge on any atom is -0.481 e. The smallest absolute Gasteiger partial charge is 0.318 e. The first kappa shape index (κ1) is 43.3. The zero-order chi connectivity index (χ0) is 32.4. The minimum absolute atomic E-state index is 0. The number of cyclic esters (lactones) is 2. The largest absolute Gasteiger partial charge is 0.481 e. The van der Waals surface area contributed by atoms with Gasteiger partial charge in [-0.05, 0) is 87.9 Å². The number of allylic oxidation sites excluding steroid dienone is 6. The van der Waals surface area contributed by atoms with Gasteiger partial charge >= 0.3 is 35.8 Å². The first-order valence-corrected chi connectivity index (χ1v) is 16.2. The van der Waals surface area contributed by atoms with Gasteiger partial charge in [0.1, 0.15) is 0 Å². The summed E-state index contributed by atoms with van der Waals surface area (Å²) in [6.45, 7) is 4.10. The molecule has 1 heterocycles. The van der Waals surface area contributed by atoms with Crippen molar-refractivity contribution in [1.29, 1.82) is 0 Å². The van der Waals surface area contributed by atoms with E-state index in [1.165, 1.54) is 0 Å². The van der Waals surface area contributed by atoms with Crippen molar-refractivity contribution in [2.75, 3.05) is 13.2 Å². The first-order valence-electron chi connectivity index (χ1n) is 16.2. The molecule has 12 atom stereocenters. The van der Waals surface area contributed by atoms with E-state index in [1.807, 2.05) is 24.3 Å². The van der Waals surface area contributed by atoms with E-state index in [-0.39, 0.29) is 101 Å². The molecule has 0 aromatic heterocycles. The van der Waals surface area contributed by atoms with E-state index in [1.54, 1.807) is 13.8 Å². The summed E-state index contributed by atoms with van der Waals surface area (Å²) in [6, 6.07) is 0. The summed E-state index contributed by atoms with van der Waals surface area (Å²) in [5.74, 6) is -4.92. The van der Waals surface area contributed by atoms with Crippen LogP contribution in [-0.2, 0) is 43.0 Å². The van der Waals surface area contributed by atoms with Crippen LogP contribution in [0.1, 0.15) is 82.1 Å². The van der Waals surface area contributed by atoms with E-state index in [2.05, 4.69) is 16.9 Å². The molecule has 10 rings (SSSR count). The summed E-state index contributed by atoms with van der Waals surface area (Å²) in [6.07, 6.45) is 17.6. The molecular weight excluding hydrogens is 632 g/mol. The van der Waals surface area contributed by atoms with Gasteiger partial charge in [0.25, 0.3) is 0 Å². The predicted molar refractivity (Wildman–Crippen MR) is 184 cm³/mol. The van der Waals surface area contributed by atoms with Crippen LogP contribution in [-0.4, -0.2) is 59.2 Å². The molecule has 11 nitrogen and oxygen atoms in total. The Labute approximate surface area is 291 Å². The summed E-state index contributed by atoms with van der Waals surface area (Å²) >= 11 is 0. The topological polar surface area (TPSA) is 171 Å². The lowest BCUT2D eigenvalue weighted by Gasteiger charge is -2.41. The van der Waals surface area contributed by atoms with Crippen LogP contribution in [0.25, 0.3) is 0 Å². The Morgan fingerprint density at radius 2 is 0.816 bits per heavy atom. The molecule has 9 aliphatic carbocycles. The molecule has 2 N–H and O–H groups in total. The Bertz CT molecular complexity index is 1200. The second-order valence-electron chi connectivity index (χ2n) is 12.9. The van der Waals surface area contributed by atoms with Crippen LogP contribution in [0.4, 0.5) is 0 Å². The number of carboxylic acids is 2. The summed E-state index contributed by atoms with van der Waals surface area (Å²) in [5.41, 5.74) is 0. The van der Waals surface area contributed by atoms with Crippen molar-refractivity contribution in [3.8, 4) is 0 Å². The zero-order valence-electron chi connectivity index (χ0n) is 25.6. The van der Waals surface area contributed by atoms with Crippen LogP contribution in [0, 0.1) is 71.0 Å². The van der Waals surface area contributed by atoms with E-state index in [0.717, 1.165) is 38.5 Å². The molecule has 11 heteroatoms. The van der Waals surface area contributed by atoms with Crippen molar-refractivity contribution in [3.05, 3.63) is 36.5 Å². The summed E-state index contributed by atoms with van der Waals surface area (Å²) in [5, 5.41) is 18.4. The number of rotatable bonds is 6. The van der Waals surface area contributed by atoms with Gasteiger partial charge in [-0.1, -0.05) is 66.2 Å². The standard InChI is InChI=1S/2C12H16O4.C10H10O3.4CH4/c2*1-2-16-12(15)10-8-5-3-7(4-6-8)9(10)11(13)14;11-9-7-5-1-2-6(4-3-5)8(7)10(12)13-9;;;;/h2*3,5,7-10H,2,4,6H2,1H3,(H,13,14);1-2,5-8H,3-4H2;4*1H4/t7-,8+,9-,10-;;5?,6?,7-,8+;;;;/m0....../s1. The monoisotopic (exact) mass is 690 g/mol. The van der Waals surface area contributed by atoms with Crippen LogP contribution >= 0.6 is 0 Å². The average molecular weight is 691 g/mol. The number of hydrogen-bond donors (Lipinski definition) is 2. The Hall–Kier alpha value is -3.76. The molecule has 6 unspecified atom stereocenters. The van der Waals surface area contributed by atoms with E-state index in [4.69, 9.17) is 9.47 Å². The van der Waals surface area contributed by atoms with Crippen molar-refractivity contribution < 1.29 is 53.2 Å². The van der Waals surface area contributed by atoms with E-state index in [0.29, 0.717) is 13.2 Å². The van der Waals surface area contributed by atoms with E-state index in [9.17, 15) is 39.0 Å². The molecule has 3 saturated carbocycles. The third-order valence-corrected chi connectivity index (χ3v) is 10.7. The Kier molecular flexibility index (Phi) is 16.2. The number of carbonyl (C=O) groups excluding carboxylic acids is 4. The highest BCUT2D eigenvalue weighted by molar-refractivity contribution is 5.97. The highest BCUT2D eigenvalue weighted by atomic mass is 16.6. The lowest BCUT2D eigenvalue weighted by molar-refractivity contribution is -0.163. The van der Waals surface area contributed by atoms with E-state index < -0.39 is 35.6 Å². The SMILES string of the molecule is C.C.C.C.CCOC(=O)C1C2C=CC(CC2)C1C(=O)O.CCOC(=O)[C@@H]1[C@@H](C(=O)O)[C@H]2C=C[C@@H]1CC2.O=C1OC(=O)[C@H]2C3C=CC(CC3)[C@@H]12. The average Bonchev–Trinajstić information content (AvgIpc) is 3.38. The van der Waals surface area contributed by atoms with Gasteiger partial charge in [-0.3, -0.25) is 28.8 Å². The molecule has 0 aromatic carbocycles. The van der Waals surface area contributed by atoms with Crippen molar-refractivity contribution in [2.45, 2.75) is 82.1 Å². The van der Waals surface area contributed by atoms with Gasteiger partial charge < -0.3 is 24.4 Å². The van der Waals surface area contributed by atoms with Crippen LogP contribution in [0.5, 0.6) is 0 Å². The van der Waals surface area contributed by atoms with Gasteiger partial charge in [0, 0.05) is 0 Å².